The van der Waals surface area contributed by atoms with Crippen LogP contribution in [0.1, 0.15) is 5.69 Å². The van der Waals surface area contributed by atoms with Crippen LogP contribution in [0.2, 0.25) is 0 Å². The lowest BCUT2D eigenvalue weighted by Crippen LogP contribution is -2.02. The SMILES string of the molecule is Fc1cc(NCc2cscn2)cc(F)c1F. The van der Waals surface area contributed by atoms with Crippen molar-refractivity contribution in [3.63, 3.8) is 0 Å². The van der Waals surface area contributed by atoms with Gasteiger partial charge in [-0.3, -0.25) is 0 Å². The topological polar surface area (TPSA) is 24.9 Å². The fourth-order valence-corrected chi connectivity index (χ4v) is 1.73. The normalized spacial score (nSPS) is 10.4. The summed E-state index contributed by atoms with van der Waals surface area (Å²) < 4.78 is 38.3. The number of halogens is 3. The van der Waals surface area contributed by atoms with Crippen LogP contribution in [0, 0.1) is 17.5 Å². The van der Waals surface area contributed by atoms with Crippen molar-refractivity contribution in [1.29, 1.82) is 0 Å². The first-order valence-corrected chi connectivity index (χ1v) is 5.36. The number of anilines is 1. The van der Waals surface area contributed by atoms with Gasteiger partial charge < -0.3 is 5.32 Å². The van der Waals surface area contributed by atoms with Crippen molar-refractivity contribution in [2.45, 2.75) is 6.54 Å². The summed E-state index contributed by atoms with van der Waals surface area (Å²) >= 11 is 1.42. The van der Waals surface area contributed by atoms with Crippen LogP contribution in [-0.2, 0) is 6.54 Å². The minimum Gasteiger partial charge on any atom is -0.379 e. The molecule has 6 heteroatoms. The van der Waals surface area contributed by atoms with Crippen LogP contribution >= 0.6 is 11.3 Å². The maximum absolute atomic E-state index is 12.8. The summed E-state index contributed by atoms with van der Waals surface area (Å²) in [6, 6.07) is 1.82. The molecule has 0 saturated carbocycles. The molecular weight excluding hydrogens is 237 g/mol. The first kappa shape index (κ1) is 10.9. The molecule has 2 aromatic rings. The molecule has 0 bridgehead atoms. The molecule has 0 spiro atoms. The van der Waals surface area contributed by atoms with Crippen LogP contribution < -0.4 is 5.32 Å². The van der Waals surface area contributed by atoms with E-state index in [1.165, 1.54) is 11.3 Å². The molecule has 1 N–H and O–H groups in total. The summed E-state index contributed by atoms with van der Waals surface area (Å²) in [7, 11) is 0. The van der Waals surface area contributed by atoms with Gasteiger partial charge in [-0.15, -0.1) is 11.3 Å². The van der Waals surface area contributed by atoms with E-state index in [9.17, 15) is 13.2 Å². The predicted molar refractivity (Wildman–Crippen MR) is 55.8 cm³/mol. The standard InChI is InChI=1S/C10H7F3N2S/c11-8-1-6(2-9(12)10(8)13)14-3-7-4-16-5-15-7/h1-2,4-5,14H,3H2. The molecule has 0 radical (unpaired) electrons. The number of rotatable bonds is 3. The van der Waals surface area contributed by atoms with Crippen LogP contribution in [0.25, 0.3) is 0 Å². The zero-order valence-electron chi connectivity index (χ0n) is 8.01. The van der Waals surface area contributed by atoms with Gasteiger partial charge in [0.15, 0.2) is 17.5 Å². The molecule has 1 aromatic heterocycles. The molecule has 1 heterocycles. The molecule has 0 aliphatic rings. The molecule has 0 amide bonds. The van der Waals surface area contributed by atoms with Crippen LogP contribution in [-0.4, -0.2) is 4.98 Å². The molecule has 0 fully saturated rings. The van der Waals surface area contributed by atoms with E-state index in [1.807, 2.05) is 5.38 Å². The van der Waals surface area contributed by atoms with Crippen molar-refractivity contribution in [2.75, 3.05) is 5.32 Å². The van der Waals surface area contributed by atoms with E-state index in [0.29, 0.717) is 6.54 Å². The summed E-state index contributed by atoms with van der Waals surface area (Å²) in [6.45, 7) is 0.341. The fourth-order valence-electron chi connectivity index (χ4n) is 1.18. The van der Waals surface area contributed by atoms with Crippen molar-refractivity contribution in [3.05, 3.63) is 46.2 Å². The highest BCUT2D eigenvalue weighted by atomic mass is 32.1. The second-order valence-electron chi connectivity index (χ2n) is 3.09. The van der Waals surface area contributed by atoms with Gasteiger partial charge in [-0.05, 0) is 0 Å². The molecule has 2 rings (SSSR count). The van der Waals surface area contributed by atoms with Crippen molar-refractivity contribution in [2.24, 2.45) is 0 Å². The number of hydrogen-bond donors (Lipinski definition) is 1. The maximum Gasteiger partial charge on any atom is 0.194 e. The summed E-state index contributed by atoms with van der Waals surface area (Å²) in [5.41, 5.74) is 2.60. The van der Waals surface area contributed by atoms with Gasteiger partial charge in [0.05, 0.1) is 17.7 Å². The Morgan fingerprint density at radius 1 is 1.19 bits per heavy atom. The van der Waals surface area contributed by atoms with Crippen LogP contribution in [0.15, 0.2) is 23.0 Å². The highest BCUT2D eigenvalue weighted by molar-refractivity contribution is 7.07. The van der Waals surface area contributed by atoms with E-state index in [0.717, 1.165) is 17.8 Å². The number of nitrogens with zero attached hydrogens (tertiary/aromatic N) is 1. The van der Waals surface area contributed by atoms with Gasteiger partial charge >= 0.3 is 0 Å². The Hall–Kier alpha value is -1.56. The molecule has 0 atom stereocenters. The summed E-state index contributed by atoms with van der Waals surface area (Å²) in [6.07, 6.45) is 0. The Bertz CT molecular complexity index is 462. The van der Waals surface area contributed by atoms with Crippen molar-refractivity contribution >= 4 is 17.0 Å². The van der Waals surface area contributed by atoms with Gasteiger partial charge in [0.1, 0.15) is 0 Å². The molecule has 2 nitrogen and oxygen atoms in total. The lowest BCUT2D eigenvalue weighted by molar-refractivity contribution is 0.447. The minimum atomic E-state index is -1.46. The number of hydrogen-bond acceptors (Lipinski definition) is 3. The van der Waals surface area contributed by atoms with Gasteiger partial charge in [0.25, 0.3) is 0 Å². The van der Waals surface area contributed by atoms with Crippen molar-refractivity contribution < 1.29 is 13.2 Å². The van der Waals surface area contributed by atoms with Gasteiger partial charge in [-0.1, -0.05) is 0 Å². The molecule has 84 valence electrons. The third-order valence-corrected chi connectivity index (χ3v) is 2.58. The van der Waals surface area contributed by atoms with Crippen LogP contribution in [0.5, 0.6) is 0 Å². The third kappa shape index (κ3) is 2.33. The monoisotopic (exact) mass is 244 g/mol. The van der Waals surface area contributed by atoms with Crippen molar-refractivity contribution in [1.82, 2.24) is 4.98 Å². The van der Waals surface area contributed by atoms with Crippen molar-refractivity contribution in [3.8, 4) is 0 Å². The average Bonchev–Trinajstić information content (AvgIpc) is 2.75. The Labute approximate surface area is 93.8 Å². The Kier molecular flexibility index (Phi) is 3.09. The Balaban J connectivity index is 2.10. The highest BCUT2D eigenvalue weighted by Crippen LogP contribution is 2.17. The highest BCUT2D eigenvalue weighted by Gasteiger charge is 2.10. The number of aromatic nitrogens is 1. The van der Waals surface area contributed by atoms with E-state index < -0.39 is 17.5 Å². The molecule has 0 saturated heterocycles. The lowest BCUT2D eigenvalue weighted by Gasteiger charge is -2.05. The first-order chi connectivity index (χ1) is 7.66. The number of benzene rings is 1. The van der Waals surface area contributed by atoms with E-state index in [2.05, 4.69) is 10.3 Å². The summed E-state index contributed by atoms with van der Waals surface area (Å²) in [5.74, 6) is -3.87. The third-order valence-electron chi connectivity index (χ3n) is 1.94. The molecule has 16 heavy (non-hydrogen) atoms. The zero-order valence-corrected chi connectivity index (χ0v) is 8.82. The Morgan fingerprint density at radius 3 is 2.44 bits per heavy atom. The number of thiazole rings is 1. The lowest BCUT2D eigenvalue weighted by atomic mass is 10.3. The molecule has 0 unspecified atom stereocenters. The zero-order chi connectivity index (χ0) is 11.5. The van der Waals surface area contributed by atoms with Gasteiger partial charge in [-0.2, -0.15) is 0 Å². The quantitative estimate of drug-likeness (QED) is 0.839. The van der Waals surface area contributed by atoms with E-state index >= 15 is 0 Å². The molecule has 1 aromatic carbocycles. The van der Waals surface area contributed by atoms with E-state index in [1.54, 1.807) is 5.51 Å². The van der Waals surface area contributed by atoms with Gasteiger partial charge in [0, 0.05) is 23.2 Å². The van der Waals surface area contributed by atoms with Gasteiger partial charge in [0.2, 0.25) is 0 Å². The summed E-state index contributed by atoms with van der Waals surface area (Å²) in [5, 5.41) is 4.56. The molecular formula is C10H7F3N2S. The Morgan fingerprint density at radius 2 is 1.88 bits per heavy atom. The average molecular weight is 244 g/mol. The van der Waals surface area contributed by atoms with Crippen LogP contribution in [0.4, 0.5) is 18.9 Å². The summed E-state index contributed by atoms with van der Waals surface area (Å²) in [4.78, 5) is 3.99. The van der Waals surface area contributed by atoms with Gasteiger partial charge in [-0.25, -0.2) is 18.2 Å². The minimum absolute atomic E-state index is 0.185. The first-order valence-electron chi connectivity index (χ1n) is 4.42. The smallest absolute Gasteiger partial charge is 0.194 e. The van der Waals surface area contributed by atoms with E-state index in [-0.39, 0.29) is 5.69 Å². The number of nitrogens with one attached hydrogen (secondary N) is 1. The van der Waals surface area contributed by atoms with E-state index in [4.69, 9.17) is 0 Å². The molecule has 0 aliphatic carbocycles. The fraction of sp³-hybridized carbons (Fsp3) is 0.100. The predicted octanol–water partition coefficient (Wildman–Crippen LogP) is 3.17. The maximum atomic E-state index is 12.8. The molecule has 0 aliphatic heterocycles. The second-order valence-corrected chi connectivity index (χ2v) is 3.81. The second kappa shape index (κ2) is 4.52. The van der Waals surface area contributed by atoms with Crippen LogP contribution in [0.3, 0.4) is 0 Å². The largest absolute Gasteiger partial charge is 0.379 e.